The molecule has 1 aliphatic rings. The van der Waals surface area contributed by atoms with Gasteiger partial charge in [0.05, 0.1) is 11.5 Å². The Hall–Kier alpha value is -1.63. The Balaban J connectivity index is 1.88. The van der Waals surface area contributed by atoms with Crippen molar-refractivity contribution in [3.05, 3.63) is 30.1 Å². The fraction of sp³-hybridized carbons (Fsp3) is 0.364. The molecule has 1 aromatic carbocycles. The van der Waals surface area contributed by atoms with Gasteiger partial charge in [0.25, 0.3) is 0 Å². The van der Waals surface area contributed by atoms with E-state index >= 15 is 0 Å². The third-order valence-corrected chi connectivity index (χ3v) is 4.44. The monoisotopic (exact) mass is 272 g/mol. The number of carbonyl (C=O) groups excluding carboxylic acids is 1. The zero-order valence-corrected chi connectivity index (χ0v) is 10.3. The molecule has 5 nitrogen and oxygen atoms in total. The number of urea groups is 1. The molecule has 98 valence electrons. The fourth-order valence-corrected chi connectivity index (χ4v) is 3.47. The summed E-state index contributed by atoms with van der Waals surface area (Å²) in [5.74, 6) is -0.305. The smallest absolute Gasteiger partial charge is 0.319 e. The van der Waals surface area contributed by atoms with Gasteiger partial charge in [-0.2, -0.15) is 0 Å². The van der Waals surface area contributed by atoms with E-state index in [9.17, 15) is 17.6 Å². The number of benzene rings is 1. The maximum atomic E-state index is 12.6. The van der Waals surface area contributed by atoms with Crippen LogP contribution in [0.1, 0.15) is 6.42 Å². The van der Waals surface area contributed by atoms with Crippen LogP contribution in [-0.2, 0) is 9.84 Å². The second-order valence-electron chi connectivity index (χ2n) is 4.21. The fourth-order valence-electron chi connectivity index (χ4n) is 1.79. The summed E-state index contributed by atoms with van der Waals surface area (Å²) in [7, 11) is -3.01. The average molecular weight is 272 g/mol. The van der Waals surface area contributed by atoms with Crippen LogP contribution in [0.5, 0.6) is 0 Å². The summed E-state index contributed by atoms with van der Waals surface area (Å²) >= 11 is 0. The highest BCUT2D eigenvalue weighted by Crippen LogP contribution is 2.12. The minimum Gasteiger partial charge on any atom is -0.334 e. The van der Waals surface area contributed by atoms with Gasteiger partial charge in [0.2, 0.25) is 0 Å². The highest BCUT2D eigenvalue weighted by atomic mass is 32.2. The average Bonchev–Trinajstić information content (AvgIpc) is 2.61. The largest absolute Gasteiger partial charge is 0.334 e. The van der Waals surface area contributed by atoms with Gasteiger partial charge < -0.3 is 10.6 Å². The minimum atomic E-state index is -3.01. The van der Waals surface area contributed by atoms with Gasteiger partial charge in [-0.3, -0.25) is 0 Å². The van der Waals surface area contributed by atoms with E-state index in [1.54, 1.807) is 0 Å². The molecule has 1 unspecified atom stereocenters. The van der Waals surface area contributed by atoms with Crippen molar-refractivity contribution in [3.8, 4) is 0 Å². The number of halogens is 1. The van der Waals surface area contributed by atoms with Gasteiger partial charge in [-0.15, -0.1) is 0 Å². The third-order valence-electron chi connectivity index (χ3n) is 2.67. The molecule has 18 heavy (non-hydrogen) atoms. The zero-order valence-electron chi connectivity index (χ0n) is 9.52. The molecule has 1 fully saturated rings. The van der Waals surface area contributed by atoms with Gasteiger partial charge >= 0.3 is 6.03 Å². The molecule has 7 heteroatoms. The van der Waals surface area contributed by atoms with E-state index in [4.69, 9.17) is 0 Å². The van der Waals surface area contributed by atoms with E-state index < -0.39 is 15.9 Å². The van der Waals surface area contributed by atoms with Gasteiger partial charge in [0.15, 0.2) is 9.84 Å². The molecule has 0 aliphatic carbocycles. The van der Waals surface area contributed by atoms with E-state index in [2.05, 4.69) is 10.6 Å². The molecule has 0 aromatic heterocycles. The Labute approximate surface area is 104 Å². The Morgan fingerprint density at radius 1 is 1.28 bits per heavy atom. The molecule has 2 rings (SSSR count). The molecule has 2 amide bonds. The Bertz CT molecular complexity index is 542. The maximum Gasteiger partial charge on any atom is 0.319 e. The van der Waals surface area contributed by atoms with E-state index in [0.717, 1.165) is 0 Å². The number of anilines is 1. The molecule has 1 atom stereocenters. The molecule has 1 heterocycles. The highest BCUT2D eigenvalue weighted by molar-refractivity contribution is 7.91. The molecular formula is C11H13FN2O3S. The normalized spacial score (nSPS) is 21.5. The molecule has 2 N–H and O–H groups in total. The zero-order chi connectivity index (χ0) is 13.2. The van der Waals surface area contributed by atoms with Crippen LogP contribution in [0.25, 0.3) is 0 Å². The Morgan fingerprint density at radius 2 is 1.94 bits per heavy atom. The van der Waals surface area contributed by atoms with Crippen LogP contribution >= 0.6 is 0 Å². The quantitative estimate of drug-likeness (QED) is 0.847. The lowest BCUT2D eigenvalue weighted by molar-refractivity contribution is 0.249. The highest BCUT2D eigenvalue weighted by Gasteiger charge is 2.28. The van der Waals surface area contributed by atoms with Crippen molar-refractivity contribution in [2.45, 2.75) is 12.5 Å². The number of sulfone groups is 1. The van der Waals surface area contributed by atoms with Crippen LogP contribution in [0.3, 0.4) is 0 Å². The molecular weight excluding hydrogens is 259 g/mol. The van der Waals surface area contributed by atoms with Crippen LogP contribution in [0.15, 0.2) is 24.3 Å². The number of hydrogen-bond acceptors (Lipinski definition) is 3. The molecule has 0 saturated carbocycles. The Kier molecular flexibility index (Phi) is 3.51. The van der Waals surface area contributed by atoms with Crippen molar-refractivity contribution in [1.82, 2.24) is 5.32 Å². The first kappa shape index (κ1) is 12.8. The summed E-state index contributed by atoms with van der Waals surface area (Å²) in [6, 6.07) is 4.49. The second-order valence-corrected chi connectivity index (χ2v) is 6.43. The van der Waals surface area contributed by atoms with Gasteiger partial charge in [-0.1, -0.05) is 0 Å². The summed E-state index contributed by atoms with van der Waals surface area (Å²) in [4.78, 5) is 11.6. The van der Waals surface area contributed by atoms with Gasteiger partial charge in [-0.05, 0) is 30.7 Å². The van der Waals surface area contributed by atoms with E-state index in [0.29, 0.717) is 12.1 Å². The van der Waals surface area contributed by atoms with Crippen molar-refractivity contribution >= 4 is 21.6 Å². The first-order chi connectivity index (χ1) is 8.44. The standard InChI is InChI=1S/C11H13FN2O3S/c12-8-1-3-9(4-2-8)13-11(15)14-10-5-6-18(16,17)7-10/h1-4,10H,5-7H2,(H2,13,14,15). The maximum absolute atomic E-state index is 12.6. The molecule has 1 aromatic rings. The number of nitrogens with one attached hydrogen (secondary N) is 2. The predicted molar refractivity (Wildman–Crippen MR) is 65.6 cm³/mol. The second kappa shape index (κ2) is 4.93. The molecule has 0 spiro atoms. The van der Waals surface area contributed by atoms with Crippen LogP contribution in [0.2, 0.25) is 0 Å². The van der Waals surface area contributed by atoms with Crippen molar-refractivity contribution < 1.29 is 17.6 Å². The van der Waals surface area contributed by atoms with Crippen molar-refractivity contribution in [2.24, 2.45) is 0 Å². The van der Waals surface area contributed by atoms with E-state index in [-0.39, 0.29) is 23.4 Å². The summed E-state index contributed by atoms with van der Waals surface area (Å²) < 4.78 is 35.1. The van der Waals surface area contributed by atoms with Gasteiger partial charge in [0.1, 0.15) is 5.82 Å². The Morgan fingerprint density at radius 3 is 2.50 bits per heavy atom. The molecule has 0 bridgehead atoms. The first-order valence-electron chi connectivity index (χ1n) is 5.48. The predicted octanol–water partition coefficient (Wildman–Crippen LogP) is 1.13. The van der Waals surface area contributed by atoms with Crippen LogP contribution < -0.4 is 10.6 Å². The third kappa shape index (κ3) is 3.43. The number of amides is 2. The molecule has 1 aliphatic heterocycles. The van der Waals surface area contributed by atoms with Crippen molar-refractivity contribution in [2.75, 3.05) is 16.8 Å². The lowest BCUT2D eigenvalue weighted by Crippen LogP contribution is -2.38. The minimum absolute atomic E-state index is 0.0240. The topological polar surface area (TPSA) is 75.3 Å². The van der Waals surface area contributed by atoms with E-state index in [1.165, 1.54) is 24.3 Å². The first-order valence-corrected chi connectivity index (χ1v) is 7.30. The van der Waals surface area contributed by atoms with Crippen LogP contribution in [-0.4, -0.2) is 32.0 Å². The lowest BCUT2D eigenvalue weighted by atomic mass is 10.3. The van der Waals surface area contributed by atoms with Gasteiger partial charge in [0, 0.05) is 11.7 Å². The number of rotatable bonds is 2. The van der Waals surface area contributed by atoms with E-state index in [1.807, 2.05) is 0 Å². The SMILES string of the molecule is O=C(Nc1ccc(F)cc1)NC1CCS(=O)(=O)C1. The van der Waals surface area contributed by atoms with Crippen LogP contribution in [0, 0.1) is 5.82 Å². The number of carbonyl (C=O) groups is 1. The molecule has 0 radical (unpaired) electrons. The summed E-state index contributed by atoms with van der Waals surface area (Å²) in [6.45, 7) is 0. The number of hydrogen-bond donors (Lipinski definition) is 2. The summed E-state index contributed by atoms with van der Waals surface area (Å²) in [5.41, 5.74) is 0.453. The summed E-state index contributed by atoms with van der Waals surface area (Å²) in [6.07, 6.45) is 0.430. The van der Waals surface area contributed by atoms with Crippen molar-refractivity contribution in [1.29, 1.82) is 0 Å². The lowest BCUT2D eigenvalue weighted by Gasteiger charge is -2.11. The summed E-state index contributed by atoms with van der Waals surface area (Å²) in [5, 5.41) is 5.09. The van der Waals surface area contributed by atoms with Crippen molar-refractivity contribution in [3.63, 3.8) is 0 Å². The van der Waals surface area contributed by atoms with Crippen LogP contribution in [0.4, 0.5) is 14.9 Å². The van der Waals surface area contributed by atoms with Gasteiger partial charge in [-0.25, -0.2) is 17.6 Å². The molecule has 1 saturated heterocycles.